The number of hydrogen-bond acceptors (Lipinski definition) is 3. The second kappa shape index (κ2) is 10.2. The molecule has 2 heterocycles. The Morgan fingerprint density at radius 3 is 2.46 bits per heavy atom. The van der Waals surface area contributed by atoms with Crippen LogP contribution >= 0.6 is 12.4 Å². The molecule has 26 heavy (non-hydrogen) atoms. The van der Waals surface area contributed by atoms with Crippen LogP contribution < -0.4 is 15.4 Å². The van der Waals surface area contributed by atoms with Crippen LogP contribution in [0.1, 0.15) is 69.9 Å². The second-order valence-electron chi connectivity index (χ2n) is 7.71. The number of fused-ring (bicyclic) bond motifs is 2. The fourth-order valence-corrected chi connectivity index (χ4v) is 4.42. The van der Waals surface area contributed by atoms with Crippen molar-refractivity contribution in [3.8, 4) is 5.75 Å². The molecule has 0 radical (unpaired) electrons. The first-order valence-electron chi connectivity index (χ1n) is 9.87. The van der Waals surface area contributed by atoms with Gasteiger partial charge < -0.3 is 15.4 Å². The minimum atomic E-state index is 0. The van der Waals surface area contributed by atoms with E-state index in [1.165, 1.54) is 18.4 Å². The Balaban J connectivity index is 0.00000243. The van der Waals surface area contributed by atoms with Gasteiger partial charge in [-0.05, 0) is 55.7 Å². The van der Waals surface area contributed by atoms with Crippen LogP contribution in [0.4, 0.5) is 0 Å². The first kappa shape index (κ1) is 21.0. The number of methoxy groups -OCH3 is 1. The summed E-state index contributed by atoms with van der Waals surface area (Å²) in [5, 5.41) is 6.96. The molecule has 2 saturated heterocycles. The maximum absolute atomic E-state index is 12.7. The molecular weight excluding hydrogens is 348 g/mol. The number of carbonyl (C=O) groups excluding carboxylic acids is 1. The third kappa shape index (κ3) is 5.62. The summed E-state index contributed by atoms with van der Waals surface area (Å²) in [4.78, 5) is 12.7. The molecule has 3 unspecified atom stereocenters. The summed E-state index contributed by atoms with van der Waals surface area (Å²) in [5.41, 5.74) is 1.17. The highest BCUT2D eigenvalue weighted by Gasteiger charge is 2.34. The highest BCUT2D eigenvalue weighted by atomic mass is 35.5. The quantitative estimate of drug-likeness (QED) is 0.703. The van der Waals surface area contributed by atoms with Crippen molar-refractivity contribution in [1.82, 2.24) is 10.6 Å². The first-order chi connectivity index (χ1) is 12.2. The van der Waals surface area contributed by atoms with Gasteiger partial charge in [0, 0.05) is 18.5 Å². The lowest BCUT2D eigenvalue weighted by atomic mass is 9.89. The number of piperidine rings is 1. The Bertz CT molecular complexity index is 552. The van der Waals surface area contributed by atoms with E-state index in [9.17, 15) is 4.79 Å². The lowest BCUT2D eigenvalue weighted by Gasteiger charge is -2.29. The number of halogens is 1. The molecule has 2 aliphatic heterocycles. The Kier molecular flexibility index (Phi) is 8.23. The molecule has 3 rings (SSSR count). The predicted molar refractivity (Wildman–Crippen MR) is 108 cm³/mol. The van der Waals surface area contributed by atoms with Gasteiger partial charge in [0.05, 0.1) is 13.2 Å². The zero-order valence-electron chi connectivity index (χ0n) is 16.0. The Labute approximate surface area is 163 Å². The minimum absolute atomic E-state index is 0. The third-order valence-electron chi connectivity index (χ3n) is 5.74. The van der Waals surface area contributed by atoms with Gasteiger partial charge in [-0.2, -0.15) is 0 Å². The van der Waals surface area contributed by atoms with Crippen molar-refractivity contribution in [2.45, 2.75) is 76.4 Å². The molecular formula is C21H33ClN2O2. The summed E-state index contributed by atoms with van der Waals surface area (Å²) in [6, 6.07) is 9.50. The molecule has 0 aliphatic carbocycles. The third-order valence-corrected chi connectivity index (χ3v) is 5.74. The van der Waals surface area contributed by atoms with Crippen LogP contribution in [0.15, 0.2) is 24.3 Å². The molecule has 2 aliphatic rings. The lowest BCUT2D eigenvalue weighted by Crippen LogP contribution is -2.40. The zero-order valence-corrected chi connectivity index (χ0v) is 16.8. The molecule has 146 valence electrons. The summed E-state index contributed by atoms with van der Waals surface area (Å²) in [7, 11) is 1.68. The van der Waals surface area contributed by atoms with Crippen molar-refractivity contribution in [3.05, 3.63) is 29.8 Å². The number of benzene rings is 1. The van der Waals surface area contributed by atoms with E-state index in [1.54, 1.807) is 7.11 Å². The van der Waals surface area contributed by atoms with Gasteiger partial charge in [0.2, 0.25) is 5.91 Å². The summed E-state index contributed by atoms with van der Waals surface area (Å²) >= 11 is 0. The Morgan fingerprint density at radius 1 is 1.23 bits per heavy atom. The zero-order chi connectivity index (χ0) is 17.6. The summed E-state index contributed by atoms with van der Waals surface area (Å²) < 4.78 is 5.24. The van der Waals surface area contributed by atoms with Crippen molar-refractivity contribution in [3.63, 3.8) is 0 Å². The molecule has 1 aromatic rings. The monoisotopic (exact) mass is 380 g/mol. The van der Waals surface area contributed by atoms with Crippen LogP contribution in [-0.4, -0.2) is 25.1 Å². The highest BCUT2D eigenvalue weighted by Crippen LogP contribution is 2.33. The van der Waals surface area contributed by atoms with Gasteiger partial charge in [-0.1, -0.05) is 31.9 Å². The normalized spacial score (nSPS) is 25.2. The van der Waals surface area contributed by atoms with E-state index in [4.69, 9.17) is 4.74 Å². The van der Waals surface area contributed by atoms with Crippen LogP contribution in [0.5, 0.6) is 5.75 Å². The van der Waals surface area contributed by atoms with E-state index >= 15 is 0 Å². The van der Waals surface area contributed by atoms with E-state index in [2.05, 4.69) is 29.7 Å². The molecule has 0 spiro atoms. The Hall–Kier alpha value is -1.26. The van der Waals surface area contributed by atoms with Crippen molar-refractivity contribution in [2.75, 3.05) is 7.11 Å². The number of unbranched alkanes of at least 4 members (excludes halogenated alkanes) is 1. The fourth-order valence-electron chi connectivity index (χ4n) is 4.42. The largest absolute Gasteiger partial charge is 0.497 e. The number of nitrogens with one attached hydrogen (secondary N) is 2. The van der Waals surface area contributed by atoms with Crippen molar-refractivity contribution >= 4 is 18.3 Å². The maximum Gasteiger partial charge on any atom is 0.220 e. The molecule has 0 aromatic heterocycles. The van der Waals surface area contributed by atoms with Crippen molar-refractivity contribution in [2.24, 2.45) is 5.92 Å². The van der Waals surface area contributed by atoms with E-state index in [-0.39, 0.29) is 24.4 Å². The maximum atomic E-state index is 12.7. The molecule has 2 N–H and O–H groups in total. The fraction of sp³-hybridized carbons (Fsp3) is 0.667. The number of carbonyl (C=O) groups is 1. The Morgan fingerprint density at radius 2 is 1.88 bits per heavy atom. The van der Waals surface area contributed by atoms with Crippen LogP contribution in [0.3, 0.4) is 0 Å². The highest BCUT2D eigenvalue weighted by molar-refractivity contribution is 5.85. The molecule has 4 nitrogen and oxygen atoms in total. The SMILES string of the molecule is CCCCC(NC(=O)CC1CC2CCC(C1)N2)c1ccc(OC)cc1.Cl. The van der Waals surface area contributed by atoms with Gasteiger partial charge >= 0.3 is 0 Å². The molecule has 3 atom stereocenters. The van der Waals surface area contributed by atoms with E-state index in [0.29, 0.717) is 24.4 Å². The van der Waals surface area contributed by atoms with Gasteiger partial charge in [0.25, 0.3) is 0 Å². The van der Waals surface area contributed by atoms with Gasteiger partial charge in [-0.25, -0.2) is 0 Å². The molecule has 5 heteroatoms. The minimum Gasteiger partial charge on any atom is -0.497 e. The number of ether oxygens (including phenoxy) is 1. The standard InChI is InChI=1S/C21H32N2O2.ClH/c1-3-4-5-20(16-6-10-19(25-2)11-7-16)23-21(24)14-15-12-17-8-9-18(13-15)22-17;/h6-7,10-11,15,17-18,20,22H,3-5,8-9,12-14H2,1-2H3,(H,23,24);1H. The smallest absolute Gasteiger partial charge is 0.220 e. The number of hydrogen-bond donors (Lipinski definition) is 2. The van der Waals surface area contributed by atoms with Gasteiger partial charge in [-0.15, -0.1) is 12.4 Å². The molecule has 1 amide bonds. The topological polar surface area (TPSA) is 50.4 Å². The van der Waals surface area contributed by atoms with Gasteiger partial charge in [0.15, 0.2) is 0 Å². The molecule has 0 saturated carbocycles. The first-order valence-corrected chi connectivity index (χ1v) is 9.87. The van der Waals surface area contributed by atoms with Crippen LogP contribution in [-0.2, 0) is 4.79 Å². The van der Waals surface area contributed by atoms with E-state index in [0.717, 1.165) is 37.9 Å². The van der Waals surface area contributed by atoms with E-state index < -0.39 is 0 Å². The lowest BCUT2D eigenvalue weighted by molar-refractivity contribution is -0.123. The van der Waals surface area contributed by atoms with Crippen LogP contribution in [0.25, 0.3) is 0 Å². The summed E-state index contributed by atoms with van der Waals surface area (Å²) in [6.45, 7) is 2.19. The van der Waals surface area contributed by atoms with Crippen LogP contribution in [0.2, 0.25) is 0 Å². The van der Waals surface area contributed by atoms with Crippen molar-refractivity contribution < 1.29 is 9.53 Å². The van der Waals surface area contributed by atoms with Crippen molar-refractivity contribution in [1.29, 1.82) is 0 Å². The summed E-state index contributed by atoms with van der Waals surface area (Å²) in [5.74, 6) is 1.61. The number of rotatable bonds is 8. The van der Waals surface area contributed by atoms with Gasteiger partial charge in [-0.3, -0.25) is 4.79 Å². The molecule has 1 aromatic carbocycles. The van der Waals surface area contributed by atoms with Gasteiger partial charge in [0.1, 0.15) is 5.75 Å². The second-order valence-corrected chi connectivity index (χ2v) is 7.71. The average Bonchev–Trinajstić information content (AvgIpc) is 2.97. The average molecular weight is 381 g/mol. The van der Waals surface area contributed by atoms with E-state index in [1.807, 2.05) is 12.1 Å². The number of amides is 1. The predicted octanol–water partition coefficient (Wildman–Crippen LogP) is 4.39. The summed E-state index contributed by atoms with van der Waals surface area (Å²) in [6.07, 6.45) is 8.81. The molecule has 2 bridgehead atoms. The van der Waals surface area contributed by atoms with Crippen LogP contribution in [0, 0.1) is 5.92 Å². The molecule has 2 fully saturated rings.